The number of carbonyl (C=O) groups is 4. The number of nitrogens with one attached hydrogen (secondary N) is 1. The highest BCUT2D eigenvalue weighted by atomic mass is 35.5. The smallest absolute Gasteiger partial charge is 0.405 e. The number of hydrogen-bond acceptors (Lipinski definition) is 7. The first-order chi connectivity index (χ1) is 18.9. The van der Waals surface area contributed by atoms with Gasteiger partial charge in [0.05, 0.1) is 5.54 Å². The minimum atomic E-state index is -3.21. The van der Waals surface area contributed by atoms with Gasteiger partial charge in [-0.15, -0.1) is 0 Å². The van der Waals surface area contributed by atoms with Crippen molar-refractivity contribution < 1.29 is 32.3 Å². The number of halogens is 3. The number of primary amides is 1. The van der Waals surface area contributed by atoms with Crippen molar-refractivity contribution in [2.24, 2.45) is 16.0 Å². The van der Waals surface area contributed by atoms with E-state index >= 15 is 0 Å². The Morgan fingerprint density at radius 1 is 1.10 bits per heavy atom. The van der Waals surface area contributed by atoms with Gasteiger partial charge in [0.15, 0.2) is 6.10 Å². The van der Waals surface area contributed by atoms with Crippen molar-refractivity contribution in [3.05, 3.63) is 44.9 Å². The van der Waals surface area contributed by atoms with E-state index in [2.05, 4.69) is 9.68 Å². The van der Waals surface area contributed by atoms with E-state index < -0.39 is 51.5 Å². The van der Waals surface area contributed by atoms with Crippen LogP contribution in [0.15, 0.2) is 28.6 Å². The first kappa shape index (κ1) is 30.3. The molecule has 15 heteroatoms. The lowest BCUT2D eigenvalue weighted by Gasteiger charge is -2.37. The van der Waals surface area contributed by atoms with Crippen molar-refractivity contribution >= 4 is 69.1 Å². The molecule has 3 N–H and O–H groups in total. The van der Waals surface area contributed by atoms with E-state index in [0.29, 0.717) is 31.2 Å². The number of benzene rings is 1. The number of rotatable bonds is 3. The monoisotopic (exact) mass is 632 g/mol. The predicted octanol–water partition coefficient (Wildman–Crippen LogP) is 3.91. The van der Waals surface area contributed by atoms with Crippen LogP contribution in [0.1, 0.15) is 56.9 Å². The Hall–Kier alpha value is -2.67. The number of fused-ring (bicyclic) bond motifs is 2. The molecular formula is C25H27Cl3N4O7S. The Morgan fingerprint density at radius 2 is 1.80 bits per heavy atom. The van der Waals surface area contributed by atoms with E-state index in [1.54, 1.807) is 0 Å². The Labute approximate surface area is 247 Å². The third-order valence-corrected chi connectivity index (χ3v) is 8.71. The quantitative estimate of drug-likeness (QED) is 0.376. The minimum absolute atomic E-state index is 0.0869. The second-order valence-corrected chi connectivity index (χ2v) is 11.9. The molecule has 4 atom stereocenters. The number of nitrogens with two attached hydrogens (primary N) is 1. The number of amides is 4. The van der Waals surface area contributed by atoms with Crippen molar-refractivity contribution in [2.45, 2.75) is 68.5 Å². The molecule has 0 bridgehead atoms. The van der Waals surface area contributed by atoms with E-state index in [0.717, 1.165) is 11.3 Å². The van der Waals surface area contributed by atoms with Crippen LogP contribution in [0.4, 0.5) is 4.79 Å². The zero-order valence-electron chi connectivity index (χ0n) is 21.2. The first-order valence-corrected chi connectivity index (χ1v) is 14.9. The maximum Gasteiger partial charge on any atom is 0.405 e. The predicted molar refractivity (Wildman–Crippen MR) is 146 cm³/mol. The summed E-state index contributed by atoms with van der Waals surface area (Å²) in [6, 6.07) is 2.96. The Morgan fingerprint density at radius 3 is 2.45 bits per heavy atom. The van der Waals surface area contributed by atoms with Crippen LogP contribution in [0.3, 0.4) is 0 Å². The summed E-state index contributed by atoms with van der Waals surface area (Å²) in [7, 11) is -3.21. The normalized spacial score (nSPS) is 28.8. The molecule has 11 nitrogen and oxygen atoms in total. The van der Waals surface area contributed by atoms with E-state index in [9.17, 15) is 27.6 Å². The fraction of sp³-hybridized carbons (Fsp3) is 0.520. The first-order valence-electron chi connectivity index (χ1n) is 12.7. The molecule has 1 aliphatic carbocycles. The van der Waals surface area contributed by atoms with Crippen LogP contribution in [0.25, 0.3) is 0 Å². The van der Waals surface area contributed by atoms with Gasteiger partial charge in [0.2, 0.25) is 5.54 Å². The van der Waals surface area contributed by atoms with Gasteiger partial charge in [-0.3, -0.25) is 14.4 Å². The highest BCUT2D eigenvalue weighted by molar-refractivity contribution is 7.62. The second kappa shape index (κ2) is 12.1. The molecule has 2 heterocycles. The van der Waals surface area contributed by atoms with Gasteiger partial charge >= 0.3 is 16.6 Å². The van der Waals surface area contributed by atoms with Gasteiger partial charge in [0.1, 0.15) is 0 Å². The molecule has 0 spiro atoms. The summed E-state index contributed by atoms with van der Waals surface area (Å²) < 4.78 is 31.1. The standard InChI is InChI=1S/C25H27Cl3N4O7S/c26-15-11-16(27)19(17(28)12-15)24-13-14(24)7-4-2-1-3-5-8-18(39-23(29)36)20(33)32-10-6-9-25(32,21(34)30-24)22(35)31-40(37)38/h4,7,11-12,14,18H,1-3,5-6,8-10,13H2,(H2,29,36)(H,30,34). The summed E-state index contributed by atoms with van der Waals surface area (Å²) in [5.74, 6) is -3.42. The van der Waals surface area contributed by atoms with Crippen LogP contribution in [-0.2, 0) is 35.2 Å². The van der Waals surface area contributed by atoms with Crippen LogP contribution < -0.4 is 11.1 Å². The number of carbonyl (C=O) groups excluding carboxylic acids is 4. The molecule has 2 aliphatic heterocycles. The molecular weight excluding hydrogens is 607 g/mol. The number of nitrogens with zero attached hydrogens (tertiary/aromatic N) is 2. The molecule has 0 aromatic heterocycles. The Kier molecular flexibility index (Phi) is 9.13. The van der Waals surface area contributed by atoms with Gasteiger partial charge in [-0.25, -0.2) is 4.79 Å². The largest absolute Gasteiger partial charge is 0.436 e. The van der Waals surface area contributed by atoms with Crippen molar-refractivity contribution in [3.8, 4) is 0 Å². The van der Waals surface area contributed by atoms with E-state index in [-0.39, 0.29) is 46.8 Å². The lowest BCUT2D eigenvalue weighted by Crippen LogP contribution is -2.64. The van der Waals surface area contributed by atoms with Crippen LogP contribution >= 0.6 is 34.8 Å². The van der Waals surface area contributed by atoms with Crippen molar-refractivity contribution in [1.29, 1.82) is 0 Å². The van der Waals surface area contributed by atoms with Crippen molar-refractivity contribution in [3.63, 3.8) is 0 Å². The molecule has 1 saturated carbocycles. The SMILES string of the molecule is NC(=O)OC1CCCCCC=CC2CC2(c2c(Cl)cc(Cl)cc2Cl)NC(=O)C2(C(=O)N=S(=O)=O)CCCN2C1=O. The fourth-order valence-electron chi connectivity index (χ4n) is 5.68. The molecule has 3 aliphatic rings. The van der Waals surface area contributed by atoms with Crippen LogP contribution in [-0.4, -0.2) is 55.3 Å². The summed E-state index contributed by atoms with van der Waals surface area (Å²) in [6.45, 7) is -0.0869. The maximum absolute atomic E-state index is 14.2. The Bertz CT molecular complexity index is 1390. The minimum Gasteiger partial charge on any atom is -0.436 e. The van der Waals surface area contributed by atoms with Gasteiger partial charge in [-0.1, -0.05) is 57.7 Å². The molecule has 4 amide bonds. The van der Waals surface area contributed by atoms with E-state index in [4.69, 9.17) is 45.3 Å². The van der Waals surface area contributed by atoms with Gasteiger partial charge < -0.3 is 20.7 Å². The topological polar surface area (TPSA) is 165 Å². The van der Waals surface area contributed by atoms with E-state index in [1.807, 2.05) is 12.2 Å². The lowest BCUT2D eigenvalue weighted by atomic mass is 9.91. The fourth-order valence-corrected chi connectivity index (χ4v) is 7.12. The number of allylic oxidation sites excluding steroid dienone is 1. The summed E-state index contributed by atoms with van der Waals surface area (Å²) in [6.07, 6.45) is 4.44. The number of hydrogen-bond donors (Lipinski definition) is 2. The molecule has 4 unspecified atom stereocenters. The van der Waals surface area contributed by atoms with Crippen molar-refractivity contribution in [1.82, 2.24) is 10.2 Å². The summed E-state index contributed by atoms with van der Waals surface area (Å²) >= 11 is 19.2. The third-order valence-electron chi connectivity index (χ3n) is 7.58. The second-order valence-electron chi connectivity index (χ2n) is 10.0. The molecule has 0 radical (unpaired) electrons. The molecule has 1 aromatic carbocycles. The molecule has 40 heavy (non-hydrogen) atoms. The number of ether oxygens (including phenoxy) is 1. The van der Waals surface area contributed by atoms with E-state index in [1.165, 1.54) is 12.1 Å². The summed E-state index contributed by atoms with van der Waals surface area (Å²) in [5.41, 5.74) is 2.10. The molecule has 1 saturated heterocycles. The molecule has 4 rings (SSSR count). The molecule has 1 aromatic rings. The molecule has 216 valence electrons. The average molecular weight is 634 g/mol. The highest BCUT2D eigenvalue weighted by Gasteiger charge is 2.63. The summed E-state index contributed by atoms with van der Waals surface area (Å²) in [4.78, 5) is 53.9. The maximum atomic E-state index is 14.2. The van der Waals surface area contributed by atoms with Crippen LogP contribution in [0.2, 0.25) is 15.1 Å². The van der Waals surface area contributed by atoms with Crippen LogP contribution in [0, 0.1) is 5.92 Å². The Balaban J connectivity index is 1.86. The van der Waals surface area contributed by atoms with Gasteiger partial charge in [0.25, 0.3) is 17.7 Å². The highest BCUT2D eigenvalue weighted by Crippen LogP contribution is 2.57. The third kappa shape index (κ3) is 5.86. The van der Waals surface area contributed by atoms with Crippen molar-refractivity contribution in [2.75, 3.05) is 6.54 Å². The van der Waals surface area contributed by atoms with Gasteiger partial charge in [0, 0.05) is 33.1 Å². The van der Waals surface area contributed by atoms with Crippen LogP contribution in [0.5, 0.6) is 0 Å². The average Bonchev–Trinajstić information content (AvgIpc) is 3.32. The zero-order chi connectivity index (χ0) is 29.2. The van der Waals surface area contributed by atoms with Gasteiger partial charge in [-0.05, 0) is 57.1 Å². The molecule has 2 fully saturated rings. The lowest BCUT2D eigenvalue weighted by molar-refractivity contribution is -0.157. The van der Waals surface area contributed by atoms with Gasteiger partial charge in [-0.2, -0.15) is 8.42 Å². The summed E-state index contributed by atoms with van der Waals surface area (Å²) in [5, 5.41) is 3.54. The zero-order valence-corrected chi connectivity index (χ0v) is 24.3.